The fourth-order valence-corrected chi connectivity index (χ4v) is 1.12. The summed E-state index contributed by atoms with van der Waals surface area (Å²) in [6, 6.07) is 1.83. The summed E-state index contributed by atoms with van der Waals surface area (Å²) in [5.41, 5.74) is 0.921. The first-order valence-corrected chi connectivity index (χ1v) is 4.96. The molecule has 0 aliphatic heterocycles. The second-order valence-corrected chi connectivity index (χ2v) is 3.16. The van der Waals surface area contributed by atoms with Crippen LogP contribution in [0.15, 0.2) is 12.3 Å². The quantitative estimate of drug-likeness (QED) is 0.713. The maximum Gasteiger partial charge on any atom is 0.230 e. The Bertz CT molecular complexity index is 235. The molecule has 12 heavy (non-hydrogen) atoms. The third-order valence-electron chi connectivity index (χ3n) is 1.31. The highest BCUT2D eigenvalue weighted by Crippen LogP contribution is 1.92. The van der Waals surface area contributed by atoms with Crippen molar-refractivity contribution in [2.24, 2.45) is 0 Å². The number of aromatic nitrogens is 2. The van der Waals surface area contributed by atoms with E-state index in [-0.39, 0.29) is 5.91 Å². The van der Waals surface area contributed by atoms with Gasteiger partial charge >= 0.3 is 0 Å². The van der Waals surface area contributed by atoms with E-state index in [4.69, 9.17) is 0 Å². The van der Waals surface area contributed by atoms with Crippen molar-refractivity contribution in [2.75, 3.05) is 12.0 Å². The number of carbonyl (C=O) groups excluding carboxylic acids is 1. The van der Waals surface area contributed by atoms with Gasteiger partial charge in [0.25, 0.3) is 0 Å². The molecule has 0 spiro atoms. The first kappa shape index (κ1) is 9.12. The summed E-state index contributed by atoms with van der Waals surface area (Å²) in [6.45, 7) is 0.527. The van der Waals surface area contributed by atoms with Gasteiger partial charge in [-0.25, -0.2) is 0 Å². The Morgan fingerprint density at radius 3 is 3.25 bits per heavy atom. The van der Waals surface area contributed by atoms with Crippen molar-refractivity contribution in [1.82, 2.24) is 15.5 Å². The second-order valence-electron chi connectivity index (χ2n) is 2.29. The minimum absolute atomic E-state index is 0.0529. The lowest BCUT2D eigenvalue weighted by Gasteiger charge is -2.00. The van der Waals surface area contributed by atoms with Crippen LogP contribution in [-0.2, 0) is 11.3 Å². The van der Waals surface area contributed by atoms with Gasteiger partial charge in [0, 0.05) is 6.20 Å². The van der Waals surface area contributed by atoms with Crippen LogP contribution in [0.3, 0.4) is 0 Å². The van der Waals surface area contributed by atoms with Crippen LogP contribution in [0.25, 0.3) is 0 Å². The Morgan fingerprint density at radius 2 is 2.67 bits per heavy atom. The molecule has 0 aliphatic carbocycles. The first-order valence-electron chi connectivity index (χ1n) is 3.57. The van der Waals surface area contributed by atoms with E-state index < -0.39 is 0 Å². The van der Waals surface area contributed by atoms with E-state index in [1.165, 1.54) is 11.8 Å². The van der Waals surface area contributed by atoms with Crippen LogP contribution in [0.4, 0.5) is 0 Å². The zero-order valence-corrected chi connectivity index (χ0v) is 7.65. The van der Waals surface area contributed by atoms with E-state index in [1.54, 1.807) is 6.20 Å². The molecule has 0 aliphatic rings. The number of rotatable bonds is 4. The topological polar surface area (TPSA) is 57.8 Å². The van der Waals surface area contributed by atoms with Gasteiger partial charge < -0.3 is 5.32 Å². The molecular formula is C7H11N3OS. The highest BCUT2D eigenvalue weighted by molar-refractivity contribution is 7.99. The molecule has 2 N–H and O–H groups in total. The number of H-pyrrole nitrogens is 1. The summed E-state index contributed by atoms with van der Waals surface area (Å²) >= 11 is 1.51. The van der Waals surface area contributed by atoms with Gasteiger partial charge in [0.15, 0.2) is 0 Å². The molecule has 0 fully saturated rings. The molecule has 1 amide bonds. The van der Waals surface area contributed by atoms with Gasteiger partial charge in [-0.2, -0.15) is 16.9 Å². The Hall–Kier alpha value is -0.970. The maximum atomic E-state index is 11.0. The first-order chi connectivity index (χ1) is 5.83. The molecule has 1 aromatic heterocycles. The van der Waals surface area contributed by atoms with Crippen molar-refractivity contribution < 1.29 is 4.79 Å². The third kappa shape index (κ3) is 2.96. The summed E-state index contributed by atoms with van der Waals surface area (Å²) in [5, 5.41) is 9.28. The highest BCUT2D eigenvalue weighted by Gasteiger charge is 1.99. The van der Waals surface area contributed by atoms with Crippen LogP contribution in [0.5, 0.6) is 0 Å². The van der Waals surface area contributed by atoms with Gasteiger partial charge in [-0.15, -0.1) is 0 Å². The van der Waals surface area contributed by atoms with Crippen molar-refractivity contribution in [3.05, 3.63) is 18.0 Å². The predicted octanol–water partition coefficient (Wildman–Crippen LogP) is 0.389. The Labute approximate surface area is 75.1 Å². The molecule has 0 atom stereocenters. The molecule has 0 bridgehead atoms. The van der Waals surface area contributed by atoms with E-state index in [2.05, 4.69) is 15.5 Å². The van der Waals surface area contributed by atoms with Crippen LogP contribution >= 0.6 is 11.8 Å². The summed E-state index contributed by atoms with van der Waals surface area (Å²) in [5.74, 6) is 0.561. The van der Waals surface area contributed by atoms with Crippen LogP contribution in [0, 0.1) is 0 Å². The van der Waals surface area contributed by atoms with Crippen molar-refractivity contribution in [3.63, 3.8) is 0 Å². The normalized spacial score (nSPS) is 9.75. The molecule has 0 saturated carbocycles. The summed E-state index contributed by atoms with van der Waals surface area (Å²) < 4.78 is 0. The standard InChI is InChI=1S/C7H11N3OS/c1-12-5-7(11)8-4-6-2-3-9-10-6/h2-3H,4-5H2,1H3,(H,8,11)(H,9,10). The molecule has 1 heterocycles. The molecule has 4 nitrogen and oxygen atoms in total. The molecule has 66 valence electrons. The SMILES string of the molecule is CSCC(=O)NCc1ccn[nH]1. The zero-order valence-electron chi connectivity index (χ0n) is 6.83. The number of thioether (sulfide) groups is 1. The molecule has 1 rings (SSSR count). The van der Waals surface area contributed by atoms with E-state index in [9.17, 15) is 4.79 Å². The number of aromatic amines is 1. The van der Waals surface area contributed by atoms with Crippen molar-refractivity contribution in [3.8, 4) is 0 Å². The average molecular weight is 185 g/mol. The lowest BCUT2D eigenvalue weighted by atomic mass is 10.4. The van der Waals surface area contributed by atoms with E-state index in [0.717, 1.165) is 5.69 Å². The average Bonchev–Trinajstić information content (AvgIpc) is 2.53. The molecule has 0 aromatic carbocycles. The summed E-state index contributed by atoms with van der Waals surface area (Å²) in [7, 11) is 0. The Morgan fingerprint density at radius 1 is 1.83 bits per heavy atom. The lowest BCUT2D eigenvalue weighted by molar-refractivity contribution is -0.118. The van der Waals surface area contributed by atoms with E-state index in [0.29, 0.717) is 12.3 Å². The molecule has 5 heteroatoms. The fourth-order valence-electron chi connectivity index (χ4n) is 0.759. The molecule has 0 saturated heterocycles. The second kappa shape index (κ2) is 4.82. The van der Waals surface area contributed by atoms with Gasteiger partial charge in [0.05, 0.1) is 18.0 Å². The number of hydrogen-bond donors (Lipinski definition) is 2. The van der Waals surface area contributed by atoms with Crippen molar-refractivity contribution in [1.29, 1.82) is 0 Å². The Kier molecular flexibility index (Phi) is 3.66. The van der Waals surface area contributed by atoms with Crippen LogP contribution in [0.2, 0.25) is 0 Å². The van der Waals surface area contributed by atoms with Crippen LogP contribution < -0.4 is 5.32 Å². The number of nitrogens with zero attached hydrogens (tertiary/aromatic N) is 1. The number of amides is 1. The smallest absolute Gasteiger partial charge is 0.230 e. The number of hydrogen-bond acceptors (Lipinski definition) is 3. The summed E-state index contributed by atoms with van der Waals surface area (Å²) in [6.07, 6.45) is 3.56. The predicted molar refractivity (Wildman–Crippen MR) is 48.8 cm³/mol. The molecular weight excluding hydrogens is 174 g/mol. The number of nitrogens with one attached hydrogen (secondary N) is 2. The lowest BCUT2D eigenvalue weighted by Crippen LogP contribution is -2.24. The minimum Gasteiger partial charge on any atom is -0.350 e. The summed E-state index contributed by atoms with van der Waals surface area (Å²) in [4.78, 5) is 11.0. The fraction of sp³-hybridized carbons (Fsp3) is 0.429. The largest absolute Gasteiger partial charge is 0.350 e. The van der Waals surface area contributed by atoms with Gasteiger partial charge in [-0.1, -0.05) is 0 Å². The minimum atomic E-state index is 0.0529. The Balaban J connectivity index is 2.22. The van der Waals surface area contributed by atoms with E-state index >= 15 is 0 Å². The van der Waals surface area contributed by atoms with Gasteiger partial charge in [-0.05, 0) is 12.3 Å². The third-order valence-corrected chi connectivity index (χ3v) is 1.86. The number of carbonyl (C=O) groups is 1. The molecule has 0 radical (unpaired) electrons. The van der Waals surface area contributed by atoms with Crippen LogP contribution in [0.1, 0.15) is 5.69 Å². The van der Waals surface area contributed by atoms with E-state index in [1.807, 2.05) is 12.3 Å². The monoisotopic (exact) mass is 185 g/mol. The maximum absolute atomic E-state index is 11.0. The van der Waals surface area contributed by atoms with Gasteiger partial charge in [0.2, 0.25) is 5.91 Å². The van der Waals surface area contributed by atoms with Gasteiger partial charge in [-0.3, -0.25) is 9.89 Å². The van der Waals surface area contributed by atoms with Gasteiger partial charge in [0.1, 0.15) is 0 Å². The van der Waals surface area contributed by atoms with Crippen molar-refractivity contribution in [2.45, 2.75) is 6.54 Å². The van der Waals surface area contributed by atoms with Crippen LogP contribution in [-0.4, -0.2) is 28.1 Å². The highest BCUT2D eigenvalue weighted by atomic mass is 32.2. The molecule has 0 unspecified atom stereocenters. The van der Waals surface area contributed by atoms with Crippen molar-refractivity contribution >= 4 is 17.7 Å². The molecule has 1 aromatic rings. The zero-order chi connectivity index (χ0) is 8.81.